The van der Waals surface area contributed by atoms with Gasteiger partial charge < -0.3 is 10.1 Å². The van der Waals surface area contributed by atoms with Crippen molar-refractivity contribution in [1.29, 1.82) is 0 Å². The van der Waals surface area contributed by atoms with Crippen LogP contribution in [0.15, 0.2) is 36.5 Å². The van der Waals surface area contributed by atoms with Crippen LogP contribution < -0.4 is 10.1 Å². The molecule has 0 aliphatic carbocycles. The van der Waals surface area contributed by atoms with E-state index in [9.17, 15) is 0 Å². The highest BCUT2D eigenvalue weighted by Gasteiger charge is 2.04. The zero-order valence-electron chi connectivity index (χ0n) is 10.4. The number of pyridine rings is 1. The van der Waals surface area contributed by atoms with Gasteiger partial charge in [0, 0.05) is 23.8 Å². The van der Waals surface area contributed by atoms with E-state index in [1.54, 1.807) is 6.20 Å². The van der Waals surface area contributed by atoms with Crippen molar-refractivity contribution in [2.75, 3.05) is 12.4 Å². The van der Waals surface area contributed by atoms with Gasteiger partial charge >= 0.3 is 0 Å². The van der Waals surface area contributed by atoms with Crippen LogP contribution in [0.2, 0.25) is 5.02 Å². The Bertz CT molecular complexity index is 543. The van der Waals surface area contributed by atoms with Gasteiger partial charge in [-0.1, -0.05) is 23.7 Å². The van der Waals surface area contributed by atoms with Gasteiger partial charge in [0.1, 0.15) is 18.2 Å². The van der Waals surface area contributed by atoms with Crippen LogP contribution in [-0.4, -0.2) is 12.0 Å². The largest absolute Gasteiger partial charge is 0.488 e. The minimum atomic E-state index is 0.463. The van der Waals surface area contributed by atoms with E-state index in [-0.39, 0.29) is 0 Å². The lowest BCUT2D eigenvalue weighted by atomic mass is 10.2. The third-order valence-corrected chi connectivity index (χ3v) is 2.90. The maximum Gasteiger partial charge on any atom is 0.132 e. The first-order valence-electron chi connectivity index (χ1n) is 5.71. The Kier molecular flexibility index (Phi) is 4.05. The first-order chi connectivity index (χ1) is 8.70. The number of hydrogen-bond donors (Lipinski definition) is 1. The van der Waals surface area contributed by atoms with Crippen molar-refractivity contribution in [1.82, 2.24) is 4.98 Å². The zero-order valence-corrected chi connectivity index (χ0v) is 11.2. The number of aryl methyl sites for hydroxylation is 1. The molecule has 0 unspecified atom stereocenters. The molecule has 0 bridgehead atoms. The molecule has 2 rings (SSSR count). The Balaban J connectivity index is 2.14. The molecule has 0 saturated heterocycles. The van der Waals surface area contributed by atoms with Crippen molar-refractivity contribution in [3.63, 3.8) is 0 Å². The lowest BCUT2D eigenvalue weighted by Gasteiger charge is -2.11. The van der Waals surface area contributed by atoms with Crippen LogP contribution in [0.1, 0.15) is 11.1 Å². The number of nitrogens with zero attached hydrogens (tertiary/aromatic N) is 1. The molecule has 0 aliphatic heterocycles. The molecule has 0 aliphatic rings. The molecule has 2 aromatic rings. The summed E-state index contributed by atoms with van der Waals surface area (Å²) in [6.07, 6.45) is 1.75. The molecule has 3 nitrogen and oxygen atoms in total. The summed E-state index contributed by atoms with van der Waals surface area (Å²) in [7, 11) is 1.84. The van der Waals surface area contributed by atoms with Crippen LogP contribution in [-0.2, 0) is 6.61 Å². The molecule has 0 amide bonds. The van der Waals surface area contributed by atoms with Crippen molar-refractivity contribution in [2.24, 2.45) is 0 Å². The van der Waals surface area contributed by atoms with E-state index in [0.717, 1.165) is 22.7 Å². The van der Waals surface area contributed by atoms with Crippen molar-refractivity contribution >= 4 is 17.4 Å². The number of hydrogen-bond acceptors (Lipinski definition) is 3. The maximum atomic E-state index is 5.95. The van der Waals surface area contributed by atoms with Gasteiger partial charge in [-0.3, -0.25) is 0 Å². The van der Waals surface area contributed by atoms with Crippen LogP contribution in [0, 0.1) is 6.92 Å². The molecule has 0 atom stereocenters. The molecule has 0 radical (unpaired) electrons. The molecule has 1 aromatic carbocycles. The fraction of sp³-hybridized carbons (Fsp3) is 0.214. The van der Waals surface area contributed by atoms with Crippen molar-refractivity contribution < 1.29 is 4.74 Å². The number of aromatic nitrogens is 1. The lowest BCUT2D eigenvalue weighted by molar-refractivity contribution is 0.304. The first kappa shape index (κ1) is 12.7. The molecule has 0 spiro atoms. The lowest BCUT2D eigenvalue weighted by Crippen LogP contribution is -2.03. The number of ether oxygens (including phenoxy) is 1. The highest BCUT2D eigenvalue weighted by molar-refractivity contribution is 6.30. The molecule has 1 heterocycles. The predicted octanol–water partition coefficient (Wildman–Crippen LogP) is 3.66. The third kappa shape index (κ3) is 2.93. The topological polar surface area (TPSA) is 34.2 Å². The third-order valence-electron chi connectivity index (χ3n) is 2.66. The summed E-state index contributed by atoms with van der Waals surface area (Å²) in [4.78, 5) is 4.23. The van der Waals surface area contributed by atoms with Crippen molar-refractivity contribution in [3.8, 4) is 5.75 Å². The zero-order chi connectivity index (χ0) is 13.0. The van der Waals surface area contributed by atoms with Crippen LogP contribution in [0.5, 0.6) is 5.75 Å². The van der Waals surface area contributed by atoms with E-state index >= 15 is 0 Å². The average molecular weight is 263 g/mol. The first-order valence-corrected chi connectivity index (χ1v) is 6.09. The van der Waals surface area contributed by atoms with Gasteiger partial charge in [0.15, 0.2) is 0 Å². The highest BCUT2D eigenvalue weighted by atomic mass is 35.5. The summed E-state index contributed by atoms with van der Waals surface area (Å²) in [5.41, 5.74) is 2.08. The van der Waals surface area contributed by atoms with Crippen molar-refractivity contribution in [2.45, 2.75) is 13.5 Å². The van der Waals surface area contributed by atoms with Gasteiger partial charge in [-0.2, -0.15) is 0 Å². The van der Waals surface area contributed by atoms with Gasteiger partial charge in [0.2, 0.25) is 0 Å². The quantitative estimate of drug-likeness (QED) is 0.913. The fourth-order valence-electron chi connectivity index (χ4n) is 1.67. The SMILES string of the molecule is CNc1ncccc1COc1cc(Cl)ccc1C. The van der Waals surface area contributed by atoms with E-state index in [4.69, 9.17) is 16.3 Å². The van der Waals surface area contributed by atoms with Gasteiger partial charge in [-0.15, -0.1) is 0 Å². The van der Waals surface area contributed by atoms with E-state index in [1.165, 1.54) is 0 Å². The van der Waals surface area contributed by atoms with E-state index in [0.29, 0.717) is 11.6 Å². The van der Waals surface area contributed by atoms with Crippen molar-refractivity contribution in [3.05, 3.63) is 52.7 Å². The summed E-state index contributed by atoms with van der Waals surface area (Å²) in [6, 6.07) is 9.50. The molecule has 1 aromatic heterocycles. The average Bonchev–Trinajstić information content (AvgIpc) is 2.40. The molecular weight excluding hydrogens is 248 g/mol. The molecule has 0 fully saturated rings. The monoisotopic (exact) mass is 262 g/mol. The summed E-state index contributed by atoms with van der Waals surface area (Å²) in [5.74, 6) is 1.63. The molecule has 4 heteroatoms. The molecule has 94 valence electrons. The van der Waals surface area contributed by atoms with Gasteiger partial charge in [0.25, 0.3) is 0 Å². The minimum absolute atomic E-state index is 0.463. The normalized spacial score (nSPS) is 10.2. The highest BCUT2D eigenvalue weighted by Crippen LogP contribution is 2.24. The Morgan fingerprint density at radius 3 is 2.94 bits per heavy atom. The second-order valence-electron chi connectivity index (χ2n) is 3.96. The summed E-state index contributed by atoms with van der Waals surface area (Å²) in [5, 5.41) is 3.72. The van der Waals surface area contributed by atoms with Gasteiger partial charge in [-0.25, -0.2) is 4.98 Å². The Labute approximate surface area is 112 Å². The number of rotatable bonds is 4. The Morgan fingerprint density at radius 2 is 2.17 bits per heavy atom. The van der Waals surface area contributed by atoms with Crippen LogP contribution in [0.25, 0.3) is 0 Å². The maximum absolute atomic E-state index is 5.95. The van der Waals surface area contributed by atoms with Gasteiger partial charge in [0.05, 0.1) is 0 Å². The standard InChI is InChI=1S/C14H15ClN2O/c1-10-5-6-12(15)8-13(10)18-9-11-4-3-7-17-14(11)16-2/h3-8H,9H2,1-2H3,(H,16,17). The summed E-state index contributed by atoms with van der Waals surface area (Å²) >= 11 is 5.95. The second-order valence-corrected chi connectivity index (χ2v) is 4.40. The number of nitrogens with one attached hydrogen (secondary N) is 1. The second kappa shape index (κ2) is 5.74. The molecule has 18 heavy (non-hydrogen) atoms. The number of benzene rings is 1. The fourth-order valence-corrected chi connectivity index (χ4v) is 1.83. The summed E-state index contributed by atoms with van der Waals surface area (Å²) < 4.78 is 5.78. The molecular formula is C14H15ClN2O. The minimum Gasteiger partial charge on any atom is -0.488 e. The number of halogens is 1. The van der Waals surface area contributed by atoms with Crippen LogP contribution in [0.4, 0.5) is 5.82 Å². The molecule has 1 N–H and O–H groups in total. The predicted molar refractivity (Wildman–Crippen MR) is 74.3 cm³/mol. The van der Waals surface area contributed by atoms with Crippen LogP contribution >= 0.6 is 11.6 Å². The van der Waals surface area contributed by atoms with E-state index in [1.807, 2.05) is 44.3 Å². The van der Waals surface area contributed by atoms with Gasteiger partial charge in [-0.05, 0) is 30.7 Å². The Hall–Kier alpha value is -1.74. The van der Waals surface area contributed by atoms with E-state index in [2.05, 4.69) is 10.3 Å². The van der Waals surface area contributed by atoms with E-state index < -0.39 is 0 Å². The summed E-state index contributed by atoms with van der Waals surface area (Å²) in [6.45, 7) is 2.46. The Morgan fingerprint density at radius 1 is 1.33 bits per heavy atom. The molecule has 0 saturated carbocycles. The number of anilines is 1. The smallest absolute Gasteiger partial charge is 0.132 e. The van der Waals surface area contributed by atoms with Crippen LogP contribution in [0.3, 0.4) is 0 Å².